The van der Waals surface area contributed by atoms with E-state index >= 15 is 0 Å². The van der Waals surface area contributed by atoms with Gasteiger partial charge in [0.2, 0.25) is 0 Å². The summed E-state index contributed by atoms with van der Waals surface area (Å²) in [6.07, 6.45) is 8.17. The number of carbonyl (C=O) groups is 1. The molecule has 2 rings (SSSR count). The monoisotopic (exact) mass is 293 g/mol. The third-order valence-corrected chi connectivity index (χ3v) is 4.05. The minimum Gasteiger partial charge on any atom is -0.335 e. The molecule has 1 aromatic heterocycles. The van der Waals surface area contributed by atoms with Gasteiger partial charge in [0.1, 0.15) is 5.69 Å². The Bertz CT molecular complexity index is 451. The van der Waals surface area contributed by atoms with Gasteiger partial charge in [-0.3, -0.25) is 4.79 Å². The van der Waals surface area contributed by atoms with Crippen molar-refractivity contribution < 1.29 is 4.79 Å². The van der Waals surface area contributed by atoms with E-state index in [1.165, 1.54) is 12.8 Å². The van der Waals surface area contributed by atoms with E-state index in [0.29, 0.717) is 24.8 Å². The summed E-state index contributed by atoms with van der Waals surface area (Å²) >= 11 is 0. The summed E-state index contributed by atoms with van der Waals surface area (Å²) in [5.41, 5.74) is 6.07. The SMILES string of the molecule is CN(C)CCN(C(=O)c1cn(CCN)cn1)C1CCCC1. The maximum Gasteiger partial charge on any atom is 0.274 e. The first-order valence-electron chi connectivity index (χ1n) is 7.79. The van der Waals surface area contributed by atoms with Crippen LogP contribution < -0.4 is 5.73 Å². The summed E-state index contributed by atoms with van der Waals surface area (Å²) in [5, 5.41) is 0. The van der Waals surface area contributed by atoms with E-state index in [2.05, 4.69) is 9.88 Å². The molecule has 1 saturated carbocycles. The predicted octanol–water partition coefficient (Wildman–Crippen LogP) is 0.788. The first-order valence-corrected chi connectivity index (χ1v) is 7.79. The Morgan fingerprint density at radius 2 is 2.10 bits per heavy atom. The molecule has 1 heterocycles. The van der Waals surface area contributed by atoms with E-state index in [1.54, 1.807) is 6.33 Å². The van der Waals surface area contributed by atoms with E-state index in [4.69, 9.17) is 5.73 Å². The molecule has 1 aliphatic rings. The lowest BCUT2D eigenvalue weighted by atomic mass is 10.2. The van der Waals surface area contributed by atoms with Crippen LogP contribution in [0.4, 0.5) is 0 Å². The standard InChI is InChI=1S/C15H27N5O/c1-18(2)9-10-20(13-5-3-4-6-13)15(21)14-11-19(8-7-16)12-17-14/h11-13H,3-10,16H2,1-2H3. The van der Waals surface area contributed by atoms with Crippen LogP contribution in [-0.4, -0.2) is 65.0 Å². The summed E-state index contributed by atoms with van der Waals surface area (Å²) in [5.74, 6) is 0.0551. The lowest BCUT2D eigenvalue weighted by Gasteiger charge is -2.29. The van der Waals surface area contributed by atoms with Crippen molar-refractivity contribution in [2.24, 2.45) is 5.73 Å². The molecule has 0 aromatic carbocycles. The molecule has 2 N–H and O–H groups in total. The number of aromatic nitrogens is 2. The van der Waals surface area contributed by atoms with Gasteiger partial charge in [-0.25, -0.2) is 4.98 Å². The third kappa shape index (κ3) is 4.28. The number of nitrogens with zero attached hydrogens (tertiary/aromatic N) is 4. The highest BCUT2D eigenvalue weighted by Gasteiger charge is 2.28. The molecule has 0 saturated heterocycles. The largest absolute Gasteiger partial charge is 0.335 e. The molecule has 6 heteroatoms. The first kappa shape index (κ1) is 16.0. The molecule has 0 spiro atoms. The van der Waals surface area contributed by atoms with Crippen LogP contribution in [-0.2, 0) is 6.54 Å². The fraction of sp³-hybridized carbons (Fsp3) is 0.733. The van der Waals surface area contributed by atoms with Gasteiger partial charge in [0.15, 0.2) is 0 Å². The van der Waals surface area contributed by atoms with Crippen molar-refractivity contribution in [2.75, 3.05) is 33.7 Å². The molecular weight excluding hydrogens is 266 g/mol. The molecule has 118 valence electrons. The van der Waals surface area contributed by atoms with Crippen LogP contribution >= 0.6 is 0 Å². The molecule has 21 heavy (non-hydrogen) atoms. The molecule has 0 radical (unpaired) electrons. The van der Waals surface area contributed by atoms with Gasteiger partial charge in [0.05, 0.1) is 6.33 Å². The Hall–Kier alpha value is -1.40. The van der Waals surface area contributed by atoms with Gasteiger partial charge in [0.25, 0.3) is 5.91 Å². The smallest absolute Gasteiger partial charge is 0.274 e. The van der Waals surface area contributed by atoms with Crippen molar-refractivity contribution in [3.63, 3.8) is 0 Å². The van der Waals surface area contributed by atoms with Gasteiger partial charge in [-0.05, 0) is 26.9 Å². The van der Waals surface area contributed by atoms with Crippen molar-refractivity contribution >= 4 is 5.91 Å². The van der Waals surface area contributed by atoms with Gasteiger partial charge in [0, 0.05) is 38.4 Å². The molecular formula is C15H27N5O. The highest BCUT2D eigenvalue weighted by Crippen LogP contribution is 2.24. The van der Waals surface area contributed by atoms with Crippen molar-refractivity contribution in [1.82, 2.24) is 19.4 Å². The Labute approximate surface area is 126 Å². The number of carbonyl (C=O) groups excluding carboxylic acids is 1. The Kier molecular flexibility index (Phi) is 5.76. The van der Waals surface area contributed by atoms with Crippen molar-refractivity contribution in [3.05, 3.63) is 18.2 Å². The first-order chi connectivity index (χ1) is 10.1. The Morgan fingerprint density at radius 3 is 2.71 bits per heavy atom. The van der Waals surface area contributed by atoms with Gasteiger partial charge < -0.3 is 20.1 Å². The lowest BCUT2D eigenvalue weighted by Crippen LogP contribution is -2.42. The minimum absolute atomic E-state index is 0.0551. The minimum atomic E-state index is 0.0551. The van der Waals surface area contributed by atoms with Crippen LogP contribution in [0.2, 0.25) is 0 Å². The van der Waals surface area contributed by atoms with Crippen LogP contribution in [0.1, 0.15) is 36.2 Å². The fourth-order valence-corrected chi connectivity index (χ4v) is 2.86. The zero-order valence-corrected chi connectivity index (χ0v) is 13.2. The average molecular weight is 293 g/mol. The number of imidazole rings is 1. The third-order valence-electron chi connectivity index (χ3n) is 4.05. The highest BCUT2D eigenvalue weighted by molar-refractivity contribution is 5.92. The average Bonchev–Trinajstić information content (AvgIpc) is 3.10. The maximum atomic E-state index is 12.8. The summed E-state index contributed by atoms with van der Waals surface area (Å²) in [4.78, 5) is 21.1. The van der Waals surface area contributed by atoms with E-state index < -0.39 is 0 Å². The van der Waals surface area contributed by atoms with Gasteiger partial charge in [-0.1, -0.05) is 12.8 Å². The summed E-state index contributed by atoms with van der Waals surface area (Å²) in [6, 6.07) is 0.372. The fourth-order valence-electron chi connectivity index (χ4n) is 2.86. The van der Waals surface area contributed by atoms with Gasteiger partial charge in [-0.15, -0.1) is 0 Å². The zero-order valence-electron chi connectivity index (χ0n) is 13.2. The molecule has 0 aliphatic heterocycles. The summed E-state index contributed by atoms with van der Waals surface area (Å²) in [7, 11) is 4.07. The number of nitrogens with two attached hydrogens (primary N) is 1. The highest BCUT2D eigenvalue weighted by atomic mass is 16.2. The number of hydrogen-bond acceptors (Lipinski definition) is 4. The van der Waals surface area contributed by atoms with Crippen LogP contribution in [0.25, 0.3) is 0 Å². The molecule has 0 unspecified atom stereocenters. The number of likely N-dealkylation sites (N-methyl/N-ethyl adjacent to an activating group) is 1. The molecule has 1 aliphatic carbocycles. The van der Waals surface area contributed by atoms with Gasteiger partial charge in [-0.2, -0.15) is 0 Å². The van der Waals surface area contributed by atoms with Crippen molar-refractivity contribution in [1.29, 1.82) is 0 Å². The van der Waals surface area contributed by atoms with Crippen LogP contribution in [0.3, 0.4) is 0 Å². The summed E-state index contributed by atoms with van der Waals surface area (Å²) < 4.78 is 1.88. The molecule has 1 amide bonds. The van der Waals surface area contributed by atoms with Crippen molar-refractivity contribution in [2.45, 2.75) is 38.3 Å². The number of rotatable bonds is 7. The molecule has 6 nitrogen and oxygen atoms in total. The second-order valence-corrected chi connectivity index (χ2v) is 6.03. The van der Waals surface area contributed by atoms with Gasteiger partial charge >= 0.3 is 0 Å². The summed E-state index contributed by atoms with van der Waals surface area (Å²) in [6.45, 7) is 2.89. The second-order valence-electron chi connectivity index (χ2n) is 6.03. The molecule has 1 aromatic rings. The zero-order chi connectivity index (χ0) is 15.2. The number of hydrogen-bond donors (Lipinski definition) is 1. The Morgan fingerprint density at radius 1 is 1.38 bits per heavy atom. The normalized spacial score (nSPS) is 15.8. The second kappa shape index (κ2) is 7.56. The van der Waals surface area contributed by atoms with Crippen LogP contribution in [0.15, 0.2) is 12.5 Å². The van der Waals surface area contributed by atoms with E-state index in [-0.39, 0.29) is 5.91 Å². The maximum absolute atomic E-state index is 12.8. The molecule has 0 bridgehead atoms. The van der Waals surface area contributed by atoms with E-state index in [0.717, 1.165) is 25.9 Å². The molecule has 0 atom stereocenters. The quantitative estimate of drug-likeness (QED) is 0.807. The van der Waals surface area contributed by atoms with E-state index in [9.17, 15) is 4.79 Å². The van der Waals surface area contributed by atoms with Crippen molar-refractivity contribution in [3.8, 4) is 0 Å². The predicted molar refractivity (Wildman–Crippen MR) is 83.1 cm³/mol. The van der Waals surface area contributed by atoms with Crippen LogP contribution in [0, 0.1) is 0 Å². The number of amides is 1. The lowest BCUT2D eigenvalue weighted by molar-refractivity contribution is 0.0662. The molecule has 1 fully saturated rings. The van der Waals surface area contributed by atoms with Crippen LogP contribution in [0.5, 0.6) is 0 Å². The Balaban J connectivity index is 2.07. The topological polar surface area (TPSA) is 67.4 Å². The van der Waals surface area contributed by atoms with E-state index in [1.807, 2.05) is 29.8 Å².